The lowest BCUT2D eigenvalue weighted by molar-refractivity contribution is 0.0936. The summed E-state index contributed by atoms with van der Waals surface area (Å²) in [6, 6.07) is 4.10. The van der Waals surface area contributed by atoms with Crippen LogP contribution in [-0.4, -0.2) is 34.1 Å². The van der Waals surface area contributed by atoms with Crippen molar-refractivity contribution in [3.63, 3.8) is 0 Å². The van der Waals surface area contributed by atoms with Crippen molar-refractivity contribution in [1.82, 2.24) is 5.32 Å². The molecule has 0 radical (unpaired) electrons. The summed E-state index contributed by atoms with van der Waals surface area (Å²) < 4.78 is 28.6. The summed E-state index contributed by atoms with van der Waals surface area (Å²) in [5.41, 5.74) is 0.241. The van der Waals surface area contributed by atoms with E-state index in [0.29, 0.717) is 24.0 Å². The van der Waals surface area contributed by atoms with Crippen molar-refractivity contribution in [1.29, 1.82) is 0 Å². The number of nitrogens with two attached hydrogens (primary N) is 1. The zero-order valence-electron chi connectivity index (χ0n) is 12.0. The molecule has 0 spiro atoms. The number of amides is 1. The minimum atomic E-state index is -3.83. The SMILES string of the molecule is NS(=O)(=O)c1ccc(Br)c(C(=O)NCCCOCC2CC2)c1. The van der Waals surface area contributed by atoms with Gasteiger partial charge < -0.3 is 10.1 Å². The fourth-order valence-corrected chi connectivity index (χ4v) is 2.83. The predicted octanol–water partition coefficient (Wildman–Crippen LogP) is 1.64. The van der Waals surface area contributed by atoms with Crippen LogP contribution in [0.3, 0.4) is 0 Å². The van der Waals surface area contributed by atoms with Crippen molar-refractivity contribution >= 4 is 31.9 Å². The number of carbonyl (C=O) groups excluding carboxylic acids is 1. The molecule has 1 saturated carbocycles. The molecule has 0 heterocycles. The first kappa shape index (κ1) is 17.4. The Bertz CT molecular complexity index is 644. The molecule has 0 unspecified atom stereocenters. The smallest absolute Gasteiger partial charge is 0.252 e. The molecule has 0 saturated heterocycles. The van der Waals surface area contributed by atoms with Gasteiger partial charge in [-0.1, -0.05) is 0 Å². The molecule has 1 fully saturated rings. The van der Waals surface area contributed by atoms with Crippen molar-refractivity contribution in [2.75, 3.05) is 19.8 Å². The molecule has 8 heteroatoms. The summed E-state index contributed by atoms with van der Waals surface area (Å²) in [5, 5.41) is 7.81. The van der Waals surface area contributed by atoms with E-state index in [2.05, 4.69) is 21.2 Å². The summed E-state index contributed by atoms with van der Waals surface area (Å²) in [4.78, 5) is 12.0. The molecular formula is C14H19BrN2O4S. The average molecular weight is 391 g/mol. The minimum Gasteiger partial charge on any atom is -0.381 e. The van der Waals surface area contributed by atoms with Crippen molar-refractivity contribution < 1.29 is 17.9 Å². The number of rotatable bonds is 8. The zero-order valence-corrected chi connectivity index (χ0v) is 14.5. The van der Waals surface area contributed by atoms with E-state index in [1.165, 1.54) is 31.0 Å². The third-order valence-corrected chi connectivity index (χ3v) is 4.91. The van der Waals surface area contributed by atoms with E-state index in [1.807, 2.05) is 0 Å². The maximum atomic E-state index is 12.1. The molecule has 1 amide bonds. The van der Waals surface area contributed by atoms with E-state index in [0.717, 1.165) is 12.5 Å². The lowest BCUT2D eigenvalue weighted by atomic mass is 10.2. The highest BCUT2D eigenvalue weighted by Gasteiger charge is 2.20. The standard InChI is InChI=1S/C14H19BrN2O4S/c15-13-5-4-11(22(16,19)20)8-12(13)14(18)17-6-1-7-21-9-10-2-3-10/h4-5,8,10H,1-3,6-7,9H2,(H,17,18)(H2,16,19,20). The molecule has 122 valence electrons. The first-order valence-corrected chi connectivity index (χ1v) is 9.40. The van der Waals surface area contributed by atoms with Gasteiger partial charge in [0.1, 0.15) is 0 Å². The van der Waals surface area contributed by atoms with Crippen molar-refractivity contribution in [3.8, 4) is 0 Å². The summed E-state index contributed by atoms with van der Waals surface area (Å²) in [6.07, 6.45) is 3.22. The van der Waals surface area contributed by atoms with Gasteiger partial charge in [0, 0.05) is 24.2 Å². The Morgan fingerprint density at radius 1 is 1.41 bits per heavy atom. The van der Waals surface area contributed by atoms with Gasteiger partial charge in [-0.25, -0.2) is 13.6 Å². The summed E-state index contributed by atoms with van der Waals surface area (Å²) in [5.74, 6) is 0.381. The Kier molecular flexibility index (Phi) is 5.96. The van der Waals surface area contributed by atoms with Crippen LogP contribution in [-0.2, 0) is 14.8 Å². The van der Waals surface area contributed by atoms with Crippen molar-refractivity contribution in [2.24, 2.45) is 11.1 Å². The highest BCUT2D eigenvalue weighted by atomic mass is 79.9. The minimum absolute atomic E-state index is 0.0892. The number of carbonyl (C=O) groups is 1. The molecule has 3 N–H and O–H groups in total. The first-order chi connectivity index (χ1) is 10.4. The number of hydrogen-bond donors (Lipinski definition) is 2. The molecule has 1 aromatic rings. The van der Waals surface area contributed by atoms with E-state index in [4.69, 9.17) is 9.88 Å². The number of sulfonamides is 1. The third kappa shape index (κ3) is 5.35. The molecule has 0 atom stereocenters. The van der Waals surface area contributed by atoms with Crippen LogP contribution < -0.4 is 10.5 Å². The lowest BCUT2D eigenvalue weighted by Gasteiger charge is -2.08. The number of primary sulfonamides is 1. The highest BCUT2D eigenvalue weighted by molar-refractivity contribution is 9.10. The number of benzene rings is 1. The monoisotopic (exact) mass is 390 g/mol. The van der Waals surface area contributed by atoms with Crippen LogP contribution in [0.2, 0.25) is 0 Å². The number of ether oxygens (including phenoxy) is 1. The van der Waals surface area contributed by atoms with Crippen LogP contribution in [0.25, 0.3) is 0 Å². The maximum absolute atomic E-state index is 12.1. The quantitative estimate of drug-likeness (QED) is 0.659. The van der Waals surface area contributed by atoms with Gasteiger partial charge in [0.2, 0.25) is 10.0 Å². The second kappa shape index (κ2) is 7.54. The van der Waals surface area contributed by atoms with Crippen LogP contribution in [0.15, 0.2) is 27.6 Å². The molecule has 0 aliphatic heterocycles. The molecule has 0 bridgehead atoms. The topological polar surface area (TPSA) is 98.5 Å². The molecule has 6 nitrogen and oxygen atoms in total. The summed E-state index contributed by atoms with van der Waals surface area (Å²) in [6.45, 7) is 1.88. The van der Waals surface area contributed by atoms with Crippen LogP contribution >= 0.6 is 15.9 Å². The fraction of sp³-hybridized carbons (Fsp3) is 0.500. The summed E-state index contributed by atoms with van der Waals surface area (Å²) in [7, 11) is -3.83. The molecule has 22 heavy (non-hydrogen) atoms. The van der Waals surface area contributed by atoms with Gasteiger partial charge in [-0.2, -0.15) is 0 Å². The van der Waals surface area contributed by atoms with E-state index < -0.39 is 10.0 Å². The first-order valence-electron chi connectivity index (χ1n) is 7.06. The van der Waals surface area contributed by atoms with E-state index in [-0.39, 0.29) is 16.4 Å². The van der Waals surface area contributed by atoms with Gasteiger partial charge in [0.05, 0.1) is 10.5 Å². The third-order valence-electron chi connectivity index (χ3n) is 3.31. The Morgan fingerprint density at radius 2 is 2.14 bits per heavy atom. The van der Waals surface area contributed by atoms with Gasteiger partial charge in [0.25, 0.3) is 5.91 Å². The van der Waals surface area contributed by atoms with E-state index in [9.17, 15) is 13.2 Å². The van der Waals surface area contributed by atoms with E-state index >= 15 is 0 Å². The molecule has 1 aliphatic rings. The molecule has 0 aromatic heterocycles. The van der Waals surface area contributed by atoms with Gasteiger partial charge >= 0.3 is 0 Å². The molecule has 1 aliphatic carbocycles. The van der Waals surface area contributed by atoms with Crippen molar-refractivity contribution in [3.05, 3.63) is 28.2 Å². The van der Waals surface area contributed by atoms with Gasteiger partial charge in [-0.05, 0) is 59.3 Å². The van der Waals surface area contributed by atoms with E-state index in [1.54, 1.807) is 0 Å². The fourth-order valence-electron chi connectivity index (χ4n) is 1.86. The largest absolute Gasteiger partial charge is 0.381 e. The predicted molar refractivity (Wildman–Crippen MR) is 86.0 cm³/mol. The number of nitrogens with one attached hydrogen (secondary N) is 1. The number of halogens is 1. The average Bonchev–Trinajstić information content (AvgIpc) is 3.25. The van der Waals surface area contributed by atoms with Crippen LogP contribution in [0.1, 0.15) is 29.6 Å². The second-order valence-corrected chi connectivity index (χ2v) is 7.73. The Morgan fingerprint density at radius 3 is 2.77 bits per heavy atom. The normalized spacial score (nSPS) is 14.8. The van der Waals surface area contributed by atoms with Crippen LogP contribution in [0.5, 0.6) is 0 Å². The molecular weight excluding hydrogens is 372 g/mol. The molecule has 1 aromatic carbocycles. The summed E-state index contributed by atoms with van der Waals surface area (Å²) >= 11 is 3.23. The Balaban J connectivity index is 1.83. The maximum Gasteiger partial charge on any atom is 0.252 e. The van der Waals surface area contributed by atoms with Crippen LogP contribution in [0, 0.1) is 5.92 Å². The van der Waals surface area contributed by atoms with Crippen LogP contribution in [0.4, 0.5) is 0 Å². The van der Waals surface area contributed by atoms with Crippen molar-refractivity contribution in [2.45, 2.75) is 24.2 Å². The molecule has 2 rings (SSSR count). The second-order valence-electron chi connectivity index (χ2n) is 5.31. The lowest BCUT2D eigenvalue weighted by Crippen LogP contribution is -2.26. The highest BCUT2D eigenvalue weighted by Crippen LogP contribution is 2.28. The Labute approximate surface area is 138 Å². The zero-order chi connectivity index (χ0) is 16.2. The Hall–Kier alpha value is -0.960. The van der Waals surface area contributed by atoms with Gasteiger partial charge in [-0.15, -0.1) is 0 Å². The van der Waals surface area contributed by atoms with Gasteiger partial charge in [0.15, 0.2) is 0 Å². The number of hydrogen-bond acceptors (Lipinski definition) is 4. The van der Waals surface area contributed by atoms with Gasteiger partial charge in [-0.3, -0.25) is 4.79 Å².